The molecule has 1 fully saturated rings. The van der Waals surface area contributed by atoms with Crippen LogP contribution >= 0.6 is 11.8 Å². The van der Waals surface area contributed by atoms with E-state index in [1.165, 1.54) is 21.1 Å². The van der Waals surface area contributed by atoms with Crippen molar-refractivity contribution in [3.05, 3.63) is 64.6 Å². The van der Waals surface area contributed by atoms with E-state index in [9.17, 15) is 14.4 Å². The molecule has 1 atom stereocenters. The Kier molecular flexibility index (Phi) is 6.79. The fraction of sp³-hybridized carbons (Fsp3) is 0.227. The lowest BCUT2D eigenvalue weighted by Crippen LogP contribution is -2.42. The molecule has 0 aliphatic carbocycles. The second-order valence-corrected chi connectivity index (χ2v) is 7.43. The van der Waals surface area contributed by atoms with E-state index in [0.717, 1.165) is 22.2 Å². The van der Waals surface area contributed by atoms with E-state index in [1.54, 1.807) is 24.3 Å². The summed E-state index contributed by atoms with van der Waals surface area (Å²) in [6.07, 6.45) is 1.58. The Morgan fingerprint density at radius 2 is 1.83 bits per heavy atom. The predicted octanol–water partition coefficient (Wildman–Crippen LogP) is 3.87. The summed E-state index contributed by atoms with van der Waals surface area (Å²) < 4.78 is 15.9. The summed E-state index contributed by atoms with van der Waals surface area (Å²) in [5.74, 6) is -0.126. The van der Waals surface area contributed by atoms with Crippen LogP contribution in [0.25, 0.3) is 6.08 Å². The number of imide groups is 1. The summed E-state index contributed by atoms with van der Waals surface area (Å²) in [5, 5.41) is -0.515. The normalized spacial score (nSPS) is 16.0. The van der Waals surface area contributed by atoms with Gasteiger partial charge in [-0.25, -0.2) is 4.79 Å². The highest BCUT2D eigenvalue weighted by Gasteiger charge is 2.41. The van der Waals surface area contributed by atoms with Crippen molar-refractivity contribution in [2.75, 3.05) is 14.2 Å². The molecular formula is C22H21NO6S. The van der Waals surface area contributed by atoms with E-state index in [4.69, 9.17) is 9.47 Å². The zero-order valence-corrected chi connectivity index (χ0v) is 17.6. The minimum atomic E-state index is -0.989. The monoisotopic (exact) mass is 427 g/mol. The van der Waals surface area contributed by atoms with E-state index in [1.807, 2.05) is 30.3 Å². The molecule has 0 radical (unpaired) electrons. The standard InChI is InChI=1S/C22H21NO6S/c1-14(21(25)28-3)23-20(24)19(30-22(23)26)12-16-9-10-17(18(11-16)27-2)29-13-15-7-5-4-6-8-15/h4-12,14H,13H2,1-3H3/b19-12+. The van der Waals surface area contributed by atoms with Crippen molar-refractivity contribution in [2.24, 2.45) is 0 Å². The number of carbonyl (C=O) groups is 3. The number of hydrogen-bond acceptors (Lipinski definition) is 7. The smallest absolute Gasteiger partial charge is 0.328 e. The number of hydrogen-bond donors (Lipinski definition) is 0. The van der Waals surface area contributed by atoms with Crippen molar-refractivity contribution in [2.45, 2.75) is 19.6 Å². The molecule has 30 heavy (non-hydrogen) atoms. The number of benzene rings is 2. The maximum Gasteiger partial charge on any atom is 0.328 e. The number of ether oxygens (including phenoxy) is 3. The zero-order chi connectivity index (χ0) is 21.7. The van der Waals surface area contributed by atoms with E-state index >= 15 is 0 Å². The van der Waals surface area contributed by atoms with E-state index in [2.05, 4.69) is 4.74 Å². The number of nitrogens with zero attached hydrogens (tertiary/aromatic N) is 1. The Morgan fingerprint density at radius 1 is 1.10 bits per heavy atom. The van der Waals surface area contributed by atoms with Crippen LogP contribution in [-0.2, 0) is 20.9 Å². The average molecular weight is 427 g/mol. The van der Waals surface area contributed by atoms with Gasteiger partial charge in [0.05, 0.1) is 19.1 Å². The molecule has 1 heterocycles. The van der Waals surface area contributed by atoms with Crippen LogP contribution in [0.4, 0.5) is 4.79 Å². The third-order valence-corrected chi connectivity index (χ3v) is 5.36. The Hall–Kier alpha value is -3.26. The Balaban J connectivity index is 1.78. The van der Waals surface area contributed by atoms with Crippen molar-refractivity contribution in [3.8, 4) is 11.5 Å². The molecule has 156 valence electrons. The van der Waals surface area contributed by atoms with Crippen LogP contribution < -0.4 is 9.47 Å². The fourth-order valence-corrected chi connectivity index (χ4v) is 3.78. The number of rotatable bonds is 7. The quantitative estimate of drug-likeness (QED) is 0.490. The highest BCUT2D eigenvalue weighted by Crippen LogP contribution is 2.35. The molecular weight excluding hydrogens is 406 g/mol. The molecule has 0 aromatic heterocycles. The molecule has 2 aromatic rings. The summed E-state index contributed by atoms with van der Waals surface area (Å²) in [6, 6.07) is 14.0. The van der Waals surface area contributed by atoms with Gasteiger partial charge < -0.3 is 14.2 Å². The zero-order valence-electron chi connectivity index (χ0n) is 16.8. The molecule has 1 saturated heterocycles. The second kappa shape index (κ2) is 9.49. The van der Waals surface area contributed by atoms with E-state index in [-0.39, 0.29) is 4.91 Å². The van der Waals surface area contributed by atoms with Gasteiger partial charge in [-0.1, -0.05) is 36.4 Å². The summed E-state index contributed by atoms with van der Waals surface area (Å²) in [5.41, 5.74) is 1.69. The van der Waals surface area contributed by atoms with Gasteiger partial charge in [0.25, 0.3) is 11.1 Å². The second-order valence-electron chi connectivity index (χ2n) is 6.44. The van der Waals surface area contributed by atoms with Gasteiger partial charge in [0.1, 0.15) is 12.6 Å². The average Bonchev–Trinajstić information content (AvgIpc) is 3.04. The number of methoxy groups -OCH3 is 2. The van der Waals surface area contributed by atoms with Crippen molar-refractivity contribution in [1.29, 1.82) is 0 Å². The molecule has 1 aliphatic heterocycles. The Morgan fingerprint density at radius 3 is 2.50 bits per heavy atom. The van der Waals surface area contributed by atoms with Crippen LogP contribution in [0.1, 0.15) is 18.1 Å². The van der Waals surface area contributed by atoms with Crippen LogP contribution in [-0.4, -0.2) is 42.3 Å². The number of esters is 1. The molecule has 0 N–H and O–H groups in total. The molecule has 1 unspecified atom stereocenters. The van der Waals surface area contributed by atoms with Crippen molar-refractivity contribution in [1.82, 2.24) is 4.90 Å². The van der Waals surface area contributed by atoms with Gasteiger partial charge in [-0.2, -0.15) is 0 Å². The first-order valence-electron chi connectivity index (χ1n) is 9.14. The largest absolute Gasteiger partial charge is 0.493 e. The summed E-state index contributed by atoms with van der Waals surface area (Å²) in [7, 11) is 2.74. The molecule has 3 rings (SSSR count). The van der Waals surface area contributed by atoms with Crippen LogP contribution in [0.5, 0.6) is 11.5 Å². The number of thioether (sulfide) groups is 1. The fourth-order valence-electron chi connectivity index (χ4n) is 2.87. The molecule has 2 amide bonds. The maximum atomic E-state index is 12.6. The summed E-state index contributed by atoms with van der Waals surface area (Å²) >= 11 is 0.777. The molecule has 8 heteroatoms. The van der Waals surface area contributed by atoms with Crippen LogP contribution in [0.3, 0.4) is 0 Å². The minimum absolute atomic E-state index is 0.218. The third kappa shape index (κ3) is 4.65. The SMILES string of the molecule is COC(=O)C(C)N1C(=O)S/C(=C/c2ccc(OCc3ccccc3)c(OC)c2)C1=O. The van der Waals surface area contributed by atoms with Gasteiger partial charge in [-0.3, -0.25) is 14.5 Å². The lowest BCUT2D eigenvalue weighted by molar-refractivity contribution is -0.148. The lowest BCUT2D eigenvalue weighted by Gasteiger charge is -2.18. The van der Waals surface area contributed by atoms with Gasteiger partial charge in [0.15, 0.2) is 11.5 Å². The van der Waals surface area contributed by atoms with Gasteiger partial charge >= 0.3 is 5.97 Å². The van der Waals surface area contributed by atoms with Crippen molar-refractivity contribution < 1.29 is 28.6 Å². The van der Waals surface area contributed by atoms with Gasteiger partial charge in [-0.15, -0.1) is 0 Å². The molecule has 0 spiro atoms. The summed E-state index contributed by atoms with van der Waals surface area (Å²) in [6.45, 7) is 1.84. The first kappa shape index (κ1) is 21.4. The first-order chi connectivity index (χ1) is 14.4. The van der Waals surface area contributed by atoms with Crippen LogP contribution in [0.15, 0.2) is 53.4 Å². The van der Waals surface area contributed by atoms with E-state index < -0.39 is 23.2 Å². The number of amides is 2. The van der Waals surface area contributed by atoms with Gasteiger partial charge in [0.2, 0.25) is 0 Å². The molecule has 2 aromatic carbocycles. The molecule has 1 aliphatic rings. The Labute approximate surface area is 178 Å². The first-order valence-corrected chi connectivity index (χ1v) is 9.96. The van der Waals surface area contributed by atoms with Gasteiger partial charge in [-0.05, 0) is 48.0 Å². The topological polar surface area (TPSA) is 82.1 Å². The predicted molar refractivity (Wildman–Crippen MR) is 113 cm³/mol. The van der Waals surface area contributed by atoms with Crippen molar-refractivity contribution in [3.63, 3.8) is 0 Å². The minimum Gasteiger partial charge on any atom is -0.493 e. The lowest BCUT2D eigenvalue weighted by atomic mass is 10.1. The van der Waals surface area contributed by atoms with Gasteiger partial charge in [0, 0.05) is 0 Å². The molecule has 0 bridgehead atoms. The Bertz CT molecular complexity index is 988. The number of carbonyl (C=O) groups excluding carboxylic acids is 3. The highest BCUT2D eigenvalue weighted by molar-refractivity contribution is 8.18. The highest BCUT2D eigenvalue weighted by atomic mass is 32.2. The van der Waals surface area contributed by atoms with Crippen LogP contribution in [0, 0.1) is 0 Å². The molecule has 0 saturated carbocycles. The maximum absolute atomic E-state index is 12.6. The molecule has 7 nitrogen and oxygen atoms in total. The summed E-state index contributed by atoms with van der Waals surface area (Å²) in [4.78, 5) is 37.7. The van der Waals surface area contributed by atoms with E-state index in [0.29, 0.717) is 23.7 Å². The van der Waals surface area contributed by atoms with Crippen molar-refractivity contribution >= 4 is 35.0 Å². The van der Waals surface area contributed by atoms with Crippen LogP contribution in [0.2, 0.25) is 0 Å². The third-order valence-electron chi connectivity index (χ3n) is 4.48.